The highest BCUT2D eigenvalue weighted by atomic mass is 35.5. The number of halogens is 1. The van der Waals surface area contributed by atoms with Gasteiger partial charge in [0.1, 0.15) is 11.9 Å². The van der Waals surface area contributed by atoms with E-state index in [0.29, 0.717) is 0 Å². The van der Waals surface area contributed by atoms with Crippen LogP contribution in [0.3, 0.4) is 0 Å². The average molecular weight is 237 g/mol. The highest BCUT2D eigenvalue weighted by Crippen LogP contribution is 2.09. The molecular weight excluding hydrogens is 228 g/mol. The molecule has 0 spiro atoms. The van der Waals surface area contributed by atoms with Crippen LogP contribution in [0.15, 0.2) is 36.9 Å². The number of nitrogens with zero attached hydrogens (tertiary/aromatic N) is 3. The normalized spacial score (nSPS) is 10.0. The Hall–Kier alpha value is -2.08. The van der Waals surface area contributed by atoms with Gasteiger partial charge >= 0.3 is 0 Å². The number of H-pyrrole nitrogens is 3. The van der Waals surface area contributed by atoms with Crippen molar-refractivity contribution in [1.29, 1.82) is 0 Å². The highest BCUT2D eigenvalue weighted by Gasteiger charge is 2.14. The van der Waals surface area contributed by atoms with E-state index >= 15 is 0 Å². The second-order valence-corrected chi connectivity index (χ2v) is 3.09. The van der Waals surface area contributed by atoms with Crippen LogP contribution in [0.25, 0.3) is 17.3 Å². The topological polar surface area (TPSA) is 77.0 Å². The zero-order valence-electron chi connectivity index (χ0n) is 8.18. The number of imidazole rings is 1. The van der Waals surface area contributed by atoms with Crippen LogP contribution in [0.4, 0.5) is 0 Å². The Morgan fingerprint density at radius 2 is 1.88 bits per heavy atom. The van der Waals surface area contributed by atoms with E-state index < -0.39 is 0 Å². The Morgan fingerprint density at radius 1 is 1.06 bits per heavy atom. The fourth-order valence-electron chi connectivity index (χ4n) is 1.51. The van der Waals surface area contributed by atoms with Crippen LogP contribution in [-0.4, -0.2) is 25.4 Å². The molecule has 0 amide bonds. The first-order valence-electron chi connectivity index (χ1n) is 4.54. The second kappa shape index (κ2) is 4.19. The van der Waals surface area contributed by atoms with Crippen LogP contribution in [-0.2, 0) is 0 Å². The molecule has 16 heavy (non-hydrogen) atoms. The molecule has 0 bridgehead atoms. The lowest BCUT2D eigenvalue weighted by atomic mass is 10.4. The third-order valence-electron chi connectivity index (χ3n) is 2.19. The first-order chi connectivity index (χ1) is 7.45. The van der Waals surface area contributed by atoms with E-state index in [-0.39, 0.29) is 12.4 Å². The van der Waals surface area contributed by atoms with Crippen LogP contribution >= 0.6 is 0 Å². The third-order valence-corrected chi connectivity index (χ3v) is 2.19. The Morgan fingerprint density at radius 3 is 2.56 bits per heavy atom. The van der Waals surface area contributed by atoms with Crippen molar-refractivity contribution in [2.45, 2.75) is 0 Å². The lowest BCUT2D eigenvalue weighted by Crippen LogP contribution is -3.00. The minimum Gasteiger partial charge on any atom is -1.00 e. The van der Waals surface area contributed by atoms with E-state index in [0.717, 1.165) is 17.3 Å². The van der Waals surface area contributed by atoms with Crippen LogP contribution in [0.5, 0.6) is 0 Å². The van der Waals surface area contributed by atoms with Crippen molar-refractivity contribution in [2.75, 3.05) is 0 Å². The van der Waals surface area contributed by atoms with Gasteiger partial charge in [-0.3, -0.25) is 10.1 Å². The number of aromatic amines is 3. The minimum atomic E-state index is 0. The molecule has 0 radical (unpaired) electrons. The van der Waals surface area contributed by atoms with Crippen LogP contribution in [0, 0.1) is 0 Å². The summed E-state index contributed by atoms with van der Waals surface area (Å²) in [4.78, 5) is 3.14. The molecule has 82 valence electrons. The van der Waals surface area contributed by atoms with E-state index in [4.69, 9.17) is 0 Å². The first-order valence-corrected chi connectivity index (χ1v) is 4.54. The van der Waals surface area contributed by atoms with Gasteiger partial charge in [0.05, 0.1) is 12.4 Å². The second-order valence-electron chi connectivity index (χ2n) is 3.09. The maximum atomic E-state index is 3.92. The van der Waals surface area contributed by atoms with Gasteiger partial charge in [0, 0.05) is 12.3 Å². The number of hydrogen-bond donors (Lipinski definition) is 3. The fourth-order valence-corrected chi connectivity index (χ4v) is 1.51. The predicted octanol–water partition coefficient (Wildman–Crippen LogP) is -2.59. The molecule has 0 aliphatic rings. The maximum absolute atomic E-state index is 3.92. The van der Waals surface area contributed by atoms with Gasteiger partial charge in [-0.1, -0.05) is 0 Å². The Bertz CT molecular complexity index is 490. The summed E-state index contributed by atoms with van der Waals surface area (Å²) in [5, 5.41) is 13.6. The molecule has 0 fully saturated rings. The smallest absolute Gasteiger partial charge is 0.256 e. The van der Waals surface area contributed by atoms with Gasteiger partial charge in [0.2, 0.25) is 0 Å². The highest BCUT2D eigenvalue weighted by molar-refractivity contribution is 5.44. The van der Waals surface area contributed by atoms with Crippen molar-refractivity contribution in [1.82, 2.24) is 25.4 Å². The maximum Gasteiger partial charge on any atom is 0.256 e. The quantitative estimate of drug-likeness (QED) is 0.427. The van der Waals surface area contributed by atoms with Gasteiger partial charge in [-0.05, 0) is 6.07 Å². The summed E-state index contributed by atoms with van der Waals surface area (Å²) < 4.78 is 1.96. The summed E-state index contributed by atoms with van der Waals surface area (Å²) in [6, 6.07) is 3.80. The van der Waals surface area contributed by atoms with E-state index in [2.05, 4.69) is 25.4 Å². The van der Waals surface area contributed by atoms with Crippen molar-refractivity contribution < 1.29 is 17.0 Å². The molecule has 3 heterocycles. The molecule has 3 aromatic heterocycles. The summed E-state index contributed by atoms with van der Waals surface area (Å²) in [6.07, 6.45) is 7.21. The largest absolute Gasteiger partial charge is 1.00 e. The fraction of sp³-hybridized carbons (Fsp3) is 0. The lowest BCUT2D eigenvalue weighted by Gasteiger charge is -1.94. The summed E-state index contributed by atoms with van der Waals surface area (Å²) in [7, 11) is 0. The molecule has 3 aromatic rings. The molecular formula is C9H9ClN6. The number of aromatic nitrogens is 6. The zero-order valence-corrected chi connectivity index (χ0v) is 8.94. The van der Waals surface area contributed by atoms with Crippen molar-refractivity contribution in [3.63, 3.8) is 0 Å². The summed E-state index contributed by atoms with van der Waals surface area (Å²) in [5.41, 5.74) is 0.926. The third kappa shape index (κ3) is 1.59. The molecule has 3 rings (SSSR count). The van der Waals surface area contributed by atoms with Crippen molar-refractivity contribution in [2.24, 2.45) is 0 Å². The van der Waals surface area contributed by atoms with E-state index in [1.807, 2.05) is 29.1 Å². The molecule has 6 nitrogen and oxygen atoms in total. The Labute approximate surface area is 97.1 Å². The molecule has 0 atom stereocenters. The van der Waals surface area contributed by atoms with Crippen LogP contribution < -0.4 is 17.0 Å². The zero-order chi connectivity index (χ0) is 10.1. The number of hydrogen-bond acceptors (Lipinski definition) is 2. The molecule has 0 unspecified atom stereocenters. The molecule has 7 heteroatoms. The molecule has 0 aliphatic carbocycles. The van der Waals surface area contributed by atoms with Gasteiger partial charge < -0.3 is 12.4 Å². The molecule has 0 aromatic carbocycles. The first kappa shape index (κ1) is 10.4. The van der Waals surface area contributed by atoms with Crippen molar-refractivity contribution in [3.8, 4) is 17.3 Å². The Balaban J connectivity index is 0.000000963. The monoisotopic (exact) mass is 236 g/mol. The van der Waals surface area contributed by atoms with E-state index in [9.17, 15) is 0 Å². The average Bonchev–Trinajstić information content (AvgIpc) is 3.01. The Kier molecular flexibility index (Phi) is 2.74. The van der Waals surface area contributed by atoms with Crippen LogP contribution in [0.2, 0.25) is 0 Å². The van der Waals surface area contributed by atoms with Gasteiger partial charge in [-0.25, -0.2) is 0 Å². The van der Waals surface area contributed by atoms with E-state index in [1.165, 1.54) is 0 Å². The lowest BCUT2D eigenvalue weighted by molar-refractivity contribution is -0.586. The van der Waals surface area contributed by atoms with E-state index in [1.54, 1.807) is 12.4 Å². The van der Waals surface area contributed by atoms with Gasteiger partial charge in [-0.15, -0.1) is 5.10 Å². The van der Waals surface area contributed by atoms with Gasteiger partial charge in [0.25, 0.3) is 11.6 Å². The SMILES string of the molecule is [Cl-].c1cc(-c2[nH]cc[n+]2-c2ccn[nH]2)[nH]n1. The standard InChI is InChI=1S/C9H8N6.ClH/c1-3-11-13-7(1)9-10-5-6-15(9)8-2-4-12-14-8;/h1-6H,(H2,10,11,12,13,14);1H. The molecule has 0 aliphatic heterocycles. The predicted molar refractivity (Wildman–Crippen MR) is 52.1 cm³/mol. The summed E-state index contributed by atoms with van der Waals surface area (Å²) in [5.74, 6) is 1.83. The number of rotatable bonds is 2. The molecule has 0 saturated carbocycles. The van der Waals surface area contributed by atoms with Gasteiger partial charge in [0.15, 0.2) is 0 Å². The molecule has 3 N–H and O–H groups in total. The van der Waals surface area contributed by atoms with Crippen LogP contribution in [0.1, 0.15) is 0 Å². The van der Waals surface area contributed by atoms with Crippen molar-refractivity contribution >= 4 is 0 Å². The van der Waals surface area contributed by atoms with Gasteiger partial charge in [-0.2, -0.15) is 14.8 Å². The summed E-state index contributed by atoms with van der Waals surface area (Å²) in [6.45, 7) is 0. The summed E-state index contributed by atoms with van der Waals surface area (Å²) >= 11 is 0. The molecule has 0 saturated heterocycles. The van der Waals surface area contributed by atoms with Crippen molar-refractivity contribution in [3.05, 3.63) is 36.9 Å². The minimum absolute atomic E-state index is 0. The number of nitrogens with one attached hydrogen (secondary N) is 3.